The van der Waals surface area contributed by atoms with E-state index in [1.54, 1.807) is 0 Å². The third-order valence-corrected chi connectivity index (χ3v) is 7.95. The molecule has 118 valence electrons. The van der Waals surface area contributed by atoms with Crippen LogP contribution < -0.4 is 0 Å². The van der Waals surface area contributed by atoms with Crippen LogP contribution in [-0.4, -0.2) is 22.1 Å². The molecule has 0 aliphatic heterocycles. The summed E-state index contributed by atoms with van der Waals surface area (Å²) in [6, 6.07) is 10.7. The second-order valence-corrected chi connectivity index (χ2v) is 9.50. The van der Waals surface area contributed by atoms with Gasteiger partial charge in [-0.3, -0.25) is 0 Å². The van der Waals surface area contributed by atoms with Gasteiger partial charge in [-0.1, -0.05) is 0 Å². The molecule has 2 heteroatoms. The van der Waals surface area contributed by atoms with E-state index in [0.717, 1.165) is 22.6 Å². The molecule has 1 aliphatic carbocycles. The molecule has 1 aromatic rings. The zero-order chi connectivity index (χ0) is 15.2. The topological polar surface area (TPSA) is 9.23 Å². The van der Waals surface area contributed by atoms with Crippen molar-refractivity contribution in [3.8, 4) is 0 Å². The molecule has 0 amide bonds. The fourth-order valence-corrected chi connectivity index (χ4v) is 7.50. The summed E-state index contributed by atoms with van der Waals surface area (Å²) in [6.45, 7) is 7.26. The molecule has 0 saturated heterocycles. The van der Waals surface area contributed by atoms with Crippen molar-refractivity contribution in [2.45, 2.75) is 56.3 Å². The predicted octanol–water partition coefficient (Wildman–Crippen LogP) is 5.38. The fourth-order valence-electron chi connectivity index (χ4n) is 3.49. The van der Waals surface area contributed by atoms with Crippen LogP contribution in [0.1, 0.15) is 51.7 Å². The van der Waals surface area contributed by atoms with Crippen LogP contribution in [0, 0.1) is 17.8 Å². The summed E-state index contributed by atoms with van der Waals surface area (Å²) in [5.41, 5.74) is 1.34. The van der Waals surface area contributed by atoms with Gasteiger partial charge in [-0.2, -0.15) is 0 Å². The maximum absolute atomic E-state index is 5.77. The Morgan fingerprint density at radius 2 is 1.90 bits per heavy atom. The Kier molecular flexibility index (Phi) is 6.79. The fraction of sp³-hybridized carbons (Fsp3) is 0.684. The summed E-state index contributed by atoms with van der Waals surface area (Å²) in [5.74, 6) is 2.70. The standard InChI is InChI=1S/C19H30OSe/c1-14(2)17-11-10-15(3)12-19(17)21-13-18(20-4)16-8-6-5-7-9-16/h5-9,14-15,17-19H,10-13H2,1-4H3/t15-,17+,18?,19-/m1/s1. The number of hydrogen-bond acceptors (Lipinski definition) is 1. The normalized spacial score (nSPS) is 27.8. The molecule has 0 bridgehead atoms. The number of methoxy groups -OCH3 is 1. The average Bonchev–Trinajstić information content (AvgIpc) is 2.48. The number of ether oxygens (including phenoxy) is 1. The van der Waals surface area contributed by atoms with Crippen LogP contribution in [0.4, 0.5) is 0 Å². The van der Waals surface area contributed by atoms with E-state index in [9.17, 15) is 0 Å². The quantitative estimate of drug-likeness (QED) is 0.624. The van der Waals surface area contributed by atoms with E-state index in [0.29, 0.717) is 15.0 Å². The van der Waals surface area contributed by atoms with E-state index < -0.39 is 0 Å². The Balaban J connectivity index is 1.95. The molecule has 0 radical (unpaired) electrons. The minimum absolute atomic E-state index is 0.288. The first-order valence-corrected chi connectivity index (χ1v) is 10.5. The molecule has 0 spiro atoms. The van der Waals surface area contributed by atoms with Crippen LogP contribution in [0.3, 0.4) is 0 Å². The van der Waals surface area contributed by atoms with Crippen LogP contribution in [0.15, 0.2) is 30.3 Å². The number of benzene rings is 1. The van der Waals surface area contributed by atoms with E-state index in [1.165, 1.54) is 30.1 Å². The van der Waals surface area contributed by atoms with Gasteiger partial charge < -0.3 is 0 Å². The van der Waals surface area contributed by atoms with Crippen molar-refractivity contribution in [2.24, 2.45) is 17.8 Å². The van der Waals surface area contributed by atoms with E-state index in [-0.39, 0.29) is 6.10 Å². The van der Waals surface area contributed by atoms with E-state index in [4.69, 9.17) is 4.74 Å². The Morgan fingerprint density at radius 1 is 1.19 bits per heavy atom. The van der Waals surface area contributed by atoms with Gasteiger partial charge in [0.05, 0.1) is 0 Å². The molecule has 0 heterocycles. The summed E-state index contributed by atoms with van der Waals surface area (Å²) in [5, 5.41) is 1.22. The van der Waals surface area contributed by atoms with Gasteiger partial charge in [0, 0.05) is 0 Å². The Hall–Kier alpha value is -0.301. The van der Waals surface area contributed by atoms with Gasteiger partial charge in [-0.15, -0.1) is 0 Å². The second-order valence-electron chi connectivity index (χ2n) is 6.83. The SMILES string of the molecule is COC(C[Se][C@@H]1C[C@H](C)CC[C@H]1C(C)C)c1ccccc1. The van der Waals surface area contributed by atoms with E-state index in [1.807, 2.05) is 7.11 Å². The van der Waals surface area contributed by atoms with Gasteiger partial charge in [-0.05, 0) is 0 Å². The van der Waals surface area contributed by atoms with Crippen molar-refractivity contribution in [2.75, 3.05) is 7.11 Å². The molecule has 2 rings (SSSR count). The van der Waals surface area contributed by atoms with Gasteiger partial charge in [0.15, 0.2) is 0 Å². The van der Waals surface area contributed by atoms with Crippen molar-refractivity contribution in [1.82, 2.24) is 0 Å². The summed E-state index contributed by atoms with van der Waals surface area (Å²) >= 11 is 0.681. The monoisotopic (exact) mass is 354 g/mol. The molecule has 0 N–H and O–H groups in total. The minimum atomic E-state index is 0.288. The zero-order valence-electron chi connectivity index (χ0n) is 13.9. The van der Waals surface area contributed by atoms with Crippen molar-refractivity contribution in [3.05, 3.63) is 35.9 Å². The molecule has 1 fully saturated rings. The molecular weight excluding hydrogens is 323 g/mol. The first-order valence-electron chi connectivity index (χ1n) is 8.31. The van der Waals surface area contributed by atoms with Crippen LogP contribution >= 0.6 is 0 Å². The molecule has 1 unspecified atom stereocenters. The molecular formula is C19H30OSe. The summed E-state index contributed by atoms with van der Waals surface area (Å²) in [4.78, 5) is 0.947. The predicted molar refractivity (Wildman–Crippen MR) is 91.8 cm³/mol. The molecule has 21 heavy (non-hydrogen) atoms. The van der Waals surface area contributed by atoms with Gasteiger partial charge in [0.25, 0.3) is 0 Å². The first-order chi connectivity index (χ1) is 10.1. The Morgan fingerprint density at radius 3 is 2.52 bits per heavy atom. The molecule has 4 atom stereocenters. The molecule has 0 aromatic heterocycles. The van der Waals surface area contributed by atoms with E-state index >= 15 is 0 Å². The summed E-state index contributed by atoms with van der Waals surface area (Å²) in [7, 11) is 1.86. The van der Waals surface area contributed by atoms with Crippen molar-refractivity contribution < 1.29 is 4.74 Å². The molecule has 1 aliphatic rings. The van der Waals surface area contributed by atoms with Gasteiger partial charge in [-0.25, -0.2) is 0 Å². The third kappa shape index (κ3) is 4.84. The summed E-state index contributed by atoms with van der Waals surface area (Å²) in [6.07, 6.45) is 4.60. The summed E-state index contributed by atoms with van der Waals surface area (Å²) < 4.78 is 5.77. The van der Waals surface area contributed by atoms with E-state index in [2.05, 4.69) is 51.1 Å². The molecule has 1 aromatic carbocycles. The average molecular weight is 353 g/mol. The van der Waals surface area contributed by atoms with Gasteiger partial charge >= 0.3 is 137 Å². The molecule has 1 nitrogen and oxygen atoms in total. The molecule has 1 saturated carbocycles. The second kappa shape index (κ2) is 8.36. The van der Waals surface area contributed by atoms with Crippen LogP contribution in [0.5, 0.6) is 0 Å². The van der Waals surface area contributed by atoms with Crippen LogP contribution in [0.2, 0.25) is 10.1 Å². The maximum atomic E-state index is 5.77. The van der Waals surface area contributed by atoms with Crippen LogP contribution in [-0.2, 0) is 4.74 Å². The van der Waals surface area contributed by atoms with Crippen molar-refractivity contribution >= 4 is 15.0 Å². The Bertz CT molecular complexity index is 403. The Labute approximate surface area is 137 Å². The van der Waals surface area contributed by atoms with Gasteiger partial charge in [0.1, 0.15) is 0 Å². The van der Waals surface area contributed by atoms with Crippen LogP contribution in [0.25, 0.3) is 0 Å². The first kappa shape index (κ1) is 17.1. The zero-order valence-corrected chi connectivity index (χ0v) is 15.6. The number of rotatable bonds is 6. The third-order valence-electron chi connectivity index (χ3n) is 4.88. The van der Waals surface area contributed by atoms with Crippen molar-refractivity contribution in [1.29, 1.82) is 0 Å². The van der Waals surface area contributed by atoms with Crippen molar-refractivity contribution in [3.63, 3.8) is 0 Å². The number of hydrogen-bond donors (Lipinski definition) is 0. The van der Waals surface area contributed by atoms with Gasteiger partial charge in [0.2, 0.25) is 0 Å².